The molecular formula is C23H44O4Si. The van der Waals surface area contributed by atoms with E-state index >= 15 is 0 Å². The van der Waals surface area contributed by atoms with Gasteiger partial charge in [0, 0.05) is 19.4 Å². The Morgan fingerprint density at radius 2 is 1.86 bits per heavy atom. The molecule has 1 heterocycles. The number of cyclic esters (lactones) is 1. The van der Waals surface area contributed by atoms with Crippen molar-refractivity contribution < 1.29 is 18.7 Å². The smallest absolute Gasteiger partial charge is 0.313 e. The van der Waals surface area contributed by atoms with Gasteiger partial charge in [-0.15, -0.1) is 0 Å². The summed E-state index contributed by atoms with van der Waals surface area (Å²) in [7, 11) is -0.164. The maximum Gasteiger partial charge on any atom is 0.313 e. The highest BCUT2D eigenvalue weighted by molar-refractivity contribution is 6.74. The lowest BCUT2D eigenvalue weighted by atomic mass is 9.82. The highest BCUT2D eigenvalue weighted by atomic mass is 28.4. The van der Waals surface area contributed by atoms with Crippen molar-refractivity contribution >= 4 is 14.3 Å². The molecule has 0 aliphatic carbocycles. The molecule has 0 unspecified atom stereocenters. The normalized spacial score (nSPS) is 25.1. The predicted molar refractivity (Wildman–Crippen MR) is 119 cm³/mol. The van der Waals surface area contributed by atoms with E-state index in [0.717, 1.165) is 19.3 Å². The van der Waals surface area contributed by atoms with Crippen molar-refractivity contribution in [2.45, 2.75) is 104 Å². The fourth-order valence-electron chi connectivity index (χ4n) is 3.86. The molecule has 4 nitrogen and oxygen atoms in total. The van der Waals surface area contributed by atoms with Gasteiger partial charge in [-0.2, -0.15) is 0 Å². The van der Waals surface area contributed by atoms with Crippen molar-refractivity contribution in [3.63, 3.8) is 0 Å². The summed E-state index contributed by atoms with van der Waals surface area (Å²) in [5.74, 6) is 0.568. The van der Waals surface area contributed by atoms with Gasteiger partial charge < -0.3 is 13.9 Å². The second kappa shape index (κ2) is 10.4. The van der Waals surface area contributed by atoms with Crippen LogP contribution in [0.5, 0.6) is 0 Å². The molecule has 0 N–H and O–H groups in total. The predicted octanol–water partition coefficient (Wildman–Crippen LogP) is 5.97. The molecule has 0 aromatic rings. The van der Waals surface area contributed by atoms with Gasteiger partial charge in [-0.1, -0.05) is 53.7 Å². The summed E-state index contributed by atoms with van der Waals surface area (Å²) in [6.07, 6.45) is 6.96. The van der Waals surface area contributed by atoms with Crippen molar-refractivity contribution in [2.24, 2.45) is 17.8 Å². The molecule has 1 rings (SSSR count). The number of carbonyl (C=O) groups is 1. The van der Waals surface area contributed by atoms with Gasteiger partial charge in [0.2, 0.25) is 0 Å². The summed E-state index contributed by atoms with van der Waals surface area (Å²) in [6.45, 7) is 20.0. The molecule has 164 valence electrons. The standard InChI is InChI=1S/C23H44O4Si/c1-11-13-14-16(3)21(25-8)17(4)19(27-28(9,10)23(5,6)7)15-20-18(12-2)22(24)26-20/h11,13,16-21H,12,14-15H2,1-10H3/b13-11+/t16-,17-,18-,19+,20+,21+/m0/s1. The molecule has 28 heavy (non-hydrogen) atoms. The summed E-state index contributed by atoms with van der Waals surface area (Å²) in [6, 6.07) is 0. The zero-order valence-electron chi connectivity index (χ0n) is 19.9. The lowest BCUT2D eigenvalue weighted by Gasteiger charge is -2.45. The van der Waals surface area contributed by atoms with Crippen LogP contribution < -0.4 is 0 Å². The first-order valence-electron chi connectivity index (χ1n) is 10.9. The van der Waals surface area contributed by atoms with Crippen LogP contribution in [0.4, 0.5) is 0 Å². The Balaban J connectivity index is 3.05. The Hall–Kier alpha value is -0.653. The summed E-state index contributed by atoms with van der Waals surface area (Å²) in [4.78, 5) is 11.8. The number of ether oxygens (including phenoxy) is 2. The van der Waals surface area contributed by atoms with Gasteiger partial charge in [-0.3, -0.25) is 4.79 Å². The number of allylic oxidation sites excluding steroid dienone is 2. The molecule has 1 aliphatic rings. The summed E-state index contributed by atoms with van der Waals surface area (Å²) < 4.78 is 18.3. The maximum atomic E-state index is 11.8. The Bertz CT molecular complexity index is 523. The second-order valence-corrected chi connectivity index (χ2v) is 14.7. The number of hydrogen-bond acceptors (Lipinski definition) is 4. The third-order valence-electron chi connectivity index (χ3n) is 6.86. The van der Waals surface area contributed by atoms with Gasteiger partial charge in [0.05, 0.1) is 18.1 Å². The Labute approximate surface area is 174 Å². The van der Waals surface area contributed by atoms with E-state index in [1.54, 1.807) is 7.11 Å². The van der Waals surface area contributed by atoms with Gasteiger partial charge in [0.15, 0.2) is 8.32 Å². The molecule has 0 saturated carbocycles. The van der Waals surface area contributed by atoms with Crippen LogP contribution in [0.1, 0.15) is 67.7 Å². The first-order chi connectivity index (χ1) is 12.9. The van der Waals surface area contributed by atoms with Crippen LogP contribution in [-0.4, -0.2) is 39.7 Å². The SMILES string of the molecule is C/C=C/C[C@H](C)[C@@H](OC)[C@@H](C)[C@@H](C[C@H]1OC(=O)[C@H]1CC)O[Si](C)(C)C(C)(C)C. The van der Waals surface area contributed by atoms with Gasteiger partial charge in [-0.25, -0.2) is 0 Å². The molecule has 0 radical (unpaired) electrons. The number of rotatable bonds is 11. The van der Waals surface area contributed by atoms with Crippen LogP contribution in [0, 0.1) is 17.8 Å². The quantitative estimate of drug-likeness (QED) is 0.238. The minimum atomic E-state index is -1.96. The van der Waals surface area contributed by atoms with E-state index in [4.69, 9.17) is 13.9 Å². The summed E-state index contributed by atoms with van der Waals surface area (Å²) >= 11 is 0. The minimum absolute atomic E-state index is 0.0131. The second-order valence-electron chi connectivity index (χ2n) is 9.98. The lowest BCUT2D eigenvalue weighted by Crippen LogP contribution is -2.52. The van der Waals surface area contributed by atoms with Crippen molar-refractivity contribution in [1.82, 2.24) is 0 Å². The number of hydrogen-bond donors (Lipinski definition) is 0. The molecule has 0 aromatic carbocycles. The molecular weight excluding hydrogens is 368 g/mol. The number of carbonyl (C=O) groups excluding carboxylic acids is 1. The van der Waals surface area contributed by atoms with Crippen molar-refractivity contribution in [1.29, 1.82) is 0 Å². The van der Waals surface area contributed by atoms with Crippen molar-refractivity contribution in [3.8, 4) is 0 Å². The Morgan fingerprint density at radius 3 is 2.29 bits per heavy atom. The Morgan fingerprint density at radius 1 is 1.25 bits per heavy atom. The van der Waals surface area contributed by atoms with E-state index in [1.165, 1.54) is 0 Å². The molecule has 0 bridgehead atoms. The van der Waals surface area contributed by atoms with E-state index in [0.29, 0.717) is 5.92 Å². The van der Waals surface area contributed by atoms with E-state index in [2.05, 4.69) is 73.7 Å². The molecule has 0 aromatic heterocycles. The fraction of sp³-hybridized carbons (Fsp3) is 0.870. The Kier molecular flexibility index (Phi) is 9.43. The zero-order chi connectivity index (χ0) is 21.7. The van der Waals surface area contributed by atoms with E-state index in [-0.39, 0.29) is 41.2 Å². The summed E-state index contributed by atoms with van der Waals surface area (Å²) in [5.41, 5.74) is 0. The van der Waals surface area contributed by atoms with Crippen LogP contribution in [0.2, 0.25) is 18.1 Å². The molecule has 1 fully saturated rings. The fourth-order valence-corrected chi connectivity index (χ4v) is 5.28. The minimum Gasteiger partial charge on any atom is -0.461 e. The van der Waals surface area contributed by atoms with Gasteiger partial charge in [0.25, 0.3) is 0 Å². The summed E-state index contributed by atoms with van der Waals surface area (Å²) in [5, 5.41) is 0.130. The lowest BCUT2D eigenvalue weighted by molar-refractivity contribution is -0.189. The largest absolute Gasteiger partial charge is 0.461 e. The zero-order valence-corrected chi connectivity index (χ0v) is 20.9. The van der Waals surface area contributed by atoms with E-state index in [9.17, 15) is 4.79 Å². The molecule has 1 saturated heterocycles. The van der Waals surface area contributed by atoms with Crippen LogP contribution in [0.3, 0.4) is 0 Å². The molecule has 1 aliphatic heterocycles. The number of methoxy groups -OCH3 is 1. The monoisotopic (exact) mass is 412 g/mol. The first-order valence-corrected chi connectivity index (χ1v) is 13.8. The molecule has 5 heteroatoms. The number of esters is 1. The van der Waals surface area contributed by atoms with Crippen LogP contribution in [-0.2, 0) is 18.7 Å². The molecule has 6 atom stereocenters. The van der Waals surface area contributed by atoms with E-state index < -0.39 is 8.32 Å². The molecule has 0 spiro atoms. The third-order valence-corrected chi connectivity index (χ3v) is 11.4. The van der Waals surface area contributed by atoms with Gasteiger partial charge in [0.1, 0.15) is 6.10 Å². The highest BCUT2D eigenvalue weighted by Gasteiger charge is 2.47. The van der Waals surface area contributed by atoms with E-state index in [1.807, 2.05) is 0 Å². The third kappa shape index (κ3) is 6.17. The van der Waals surface area contributed by atoms with Crippen molar-refractivity contribution in [3.05, 3.63) is 12.2 Å². The maximum absolute atomic E-state index is 11.8. The van der Waals surface area contributed by atoms with Crippen LogP contribution in [0.15, 0.2) is 12.2 Å². The van der Waals surface area contributed by atoms with Gasteiger partial charge in [-0.05, 0) is 43.8 Å². The topological polar surface area (TPSA) is 44.8 Å². The first kappa shape index (κ1) is 25.4. The van der Waals surface area contributed by atoms with Gasteiger partial charge >= 0.3 is 5.97 Å². The molecule has 0 amide bonds. The van der Waals surface area contributed by atoms with Crippen LogP contribution >= 0.6 is 0 Å². The average molecular weight is 413 g/mol. The average Bonchev–Trinajstić information content (AvgIpc) is 2.58. The highest BCUT2D eigenvalue weighted by Crippen LogP contribution is 2.41. The van der Waals surface area contributed by atoms with Crippen LogP contribution in [0.25, 0.3) is 0 Å². The van der Waals surface area contributed by atoms with Crippen molar-refractivity contribution in [2.75, 3.05) is 7.11 Å².